The largest absolute Gasteiger partial charge is 0.292 e. The van der Waals surface area contributed by atoms with Gasteiger partial charge in [-0.15, -0.1) is 0 Å². The molecule has 0 saturated carbocycles. The molecule has 4 heteroatoms. The summed E-state index contributed by atoms with van der Waals surface area (Å²) in [5.74, 6) is -2.10. The van der Waals surface area contributed by atoms with Gasteiger partial charge in [-0.1, -0.05) is 30.3 Å². The second-order valence-electron chi connectivity index (χ2n) is 4.73. The summed E-state index contributed by atoms with van der Waals surface area (Å²) < 4.78 is 26.1. The maximum absolute atomic E-state index is 13.2. The van der Waals surface area contributed by atoms with Crippen molar-refractivity contribution in [1.29, 1.82) is 0 Å². The Morgan fingerprint density at radius 1 is 1.00 bits per heavy atom. The first-order valence-corrected chi connectivity index (χ1v) is 6.46. The van der Waals surface area contributed by atoms with Crippen LogP contribution in [-0.2, 0) is 6.42 Å². The molecule has 2 aromatic carbocycles. The SMILES string of the molecule is O=C(Cc1ccc(F)c(F)c1)c1nccc2ccccc12. The smallest absolute Gasteiger partial charge is 0.186 e. The highest BCUT2D eigenvalue weighted by atomic mass is 19.2. The first-order chi connectivity index (χ1) is 10.1. The number of fused-ring (bicyclic) bond motifs is 1. The minimum Gasteiger partial charge on any atom is -0.292 e. The van der Waals surface area contributed by atoms with Crippen molar-refractivity contribution in [3.63, 3.8) is 0 Å². The van der Waals surface area contributed by atoms with Crippen LogP contribution in [0.1, 0.15) is 16.1 Å². The van der Waals surface area contributed by atoms with E-state index in [0.29, 0.717) is 11.3 Å². The molecule has 3 rings (SSSR count). The lowest BCUT2D eigenvalue weighted by Gasteiger charge is -2.05. The third kappa shape index (κ3) is 2.65. The van der Waals surface area contributed by atoms with Gasteiger partial charge in [0.1, 0.15) is 5.69 Å². The Morgan fingerprint density at radius 2 is 1.81 bits per heavy atom. The zero-order chi connectivity index (χ0) is 14.8. The molecule has 104 valence electrons. The number of halogens is 2. The third-order valence-electron chi connectivity index (χ3n) is 3.29. The minimum absolute atomic E-state index is 0.0157. The van der Waals surface area contributed by atoms with Gasteiger partial charge >= 0.3 is 0 Å². The lowest BCUT2D eigenvalue weighted by Crippen LogP contribution is -2.07. The molecule has 3 aromatic rings. The molecule has 0 fully saturated rings. The second kappa shape index (κ2) is 5.40. The number of benzene rings is 2. The normalized spacial score (nSPS) is 10.8. The fourth-order valence-corrected chi connectivity index (χ4v) is 2.26. The molecule has 0 bridgehead atoms. The van der Waals surface area contributed by atoms with Gasteiger partial charge in [-0.3, -0.25) is 9.78 Å². The van der Waals surface area contributed by atoms with Crippen molar-refractivity contribution in [2.45, 2.75) is 6.42 Å². The molecule has 0 N–H and O–H groups in total. The summed E-state index contributed by atoms with van der Waals surface area (Å²) >= 11 is 0. The maximum Gasteiger partial charge on any atom is 0.186 e. The van der Waals surface area contributed by atoms with Crippen LogP contribution in [0.25, 0.3) is 10.8 Å². The molecule has 0 aliphatic carbocycles. The first kappa shape index (κ1) is 13.4. The van der Waals surface area contributed by atoms with E-state index in [4.69, 9.17) is 0 Å². The van der Waals surface area contributed by atoms with Crippen LogP contribution in [0.2, 0.25) is 0 Å². The van der Waals surface area contributed by atoms with E-state index in [1.165, 1.54) is 6.07 Å². The Balaban J connectivity index is 1.95. The number of ketones is 1. The molecule has 1 aromatic heterocycles. The van der Waals surface area contributed by atoms with Crippen LogP contribution in [0.3, 0.4) is 0 Å². The molecule has 0 aliphatic heterocycles. The van der Waals surface area contributed by atoms with Crippen LogP contribution in [0.5, 0.6) is 0 Å². The summed E-state index contributed by atoms with van der Waals surface area (Å²) in [5, 5.41) is 1.67. The predicted octanol–water partition coefficient (Wildman–Crippen LogP) is 3.94. The second-order valence-corrected chi connectivity index (χ2v) is 4.73. The number of rotatable bonds is 3. The van der Waals surface area contributed by atoms with Crippen molar-refractivity contribution in [2.75, 3.05) is 0 Å². The van der Waals surface area contributed by atoms with Crippen molar-refractivity contribution in [2.24, 2.45) is 0 Å². The maximum atomic E-state index is 13.2. The monoisotopic (exact) mass is 283 g/mol. The summed E-state index contributed by atoms with van der Waals surface area (Å²) in [5.41, 5.74) is 0.770. The fourth-order valence-electron chi connectivity index (χ4n) is 2.26. The van der Waals surface area contributed by atoms with E-state index < -0.39 is 11.6 Å². The Bertz CT molecular complexity index is 825. The van der Waals surface area contributed by atoms with Crippen LogP contribution in [-0.4, -0.2) is 10.8 Å². The molecular weight excluding hydrogens is 272 g/mol. The Hall–Kier alpha value is -2.62. The van der Waals surface area contributed by atoms with Gasteiger partial charge in [0.2, 0.25) is 0 Å². The quantitative estimate of drug-likeness (QED) is 0.681. The molecule has 0 saturated heterocycles. The van der Waals surface area contributed by atoms with E-state index in [1.54, 1.807) is 6.20 Å². The Labute approximate surface area is 120 Å². The number of Topliss-reactive ketones (excluding diaryl/α,β-unsaturated/α-hetero) is 1. The van der Waals surface area contributed by atoms with Crippen LogP contribution in [0, 0.1) is 11.6 Å². The molecule has 1 heterocycles. The zero-order valence-corrected chi connectivity index (χ0v) is 11.0. The van der Waals surface area contributed by atoms with Crippen molar-refractivity contribution in [1.82, 2.24) is 4.98 Å². The molecule has 0 unspecified atom stereocenters. The van der Waals surface area contributed by atoms with Crippen LogP contribution < -0.4 is 0 Å². The molecule has 0 spiro atoms. The Kier molecular flexibility index (Phi) is 3.44. The van der Waals surface area contributed by atoms with E-state index in [9.17, 15) is 13.6 Å². The van der Waals surface area contributed by atoms with Crippen molar-refractivity contribution < 1.29 is 13.6 Å². The van der Waals surface area contributed by atoms with Gasteiger partial charge in [0.25, 0.3) is 0 Å². The lowest BCUT2D eigenvalue weighted by molar-refractivity contribution is 0.0990. The summed E-state index contributed by atoms with van der Waals surface area (Å²) in [7, 11) is 0. The van der Waals surface area contributed by atoms with Crippen LogP contribution >= 0.6 is 0 Å². The average Bonchev–Trinajstić information content (AvgIpc) is 2.50. The van der Waals surface area contributed by atoms with Gasteiger partial charge < -0.3 is 0 Å². The summed E-state index contributed by atoms with van der Waals surface area (Å²) in [6.45, 7) is 0. The molecular formula is C17H11F2NO. The standard InChI is InChI=1S/C17H11F2NO/c18-14-6-5-11(9-15(14)19)10-16(21)17-13-4-2-1-3-12(13)7-8-20-17/h1-9H,10H2. The molecule has 2 nitrogen and oxygen atoms in total. The van der Waals surface area contributed by atoms with E-state index in [0.717, 1.165) is 22.9 Å². The molecule has 0 aliphatic rings. The molecule has 0 radical (unpaired) electrons. The summed E-state index contributed by atoms with van der Waals surface area (Å²) in [4.78, 5) is 16.5. The number of aromatic nitrogens is 1. The summed E-state index contributed by atoms with van der Waals surface area (Å²) in [6.07, 6.45) is 1.55. The number of carbonyl (C=O) groups excluding carboxylic acids is 1. The van der Waals surface area contributed by atoms with Crippen LogP contribution in [0.15, 0.2) is 54.7 Å². The number of hydrogen-bond acceptors (Lipinski definition) is 2. The number of pyridine rings is 1. The highest BCUT2D eigenvalue weighted by Crippen LogP contribution is 2.18. The topological polar surface area (TPSA) is 30.0 Å². The van der Waals surface area contributed by atoms with Gasteiger partial charge in [0, 0.05) is 18.0 Å². The molecule has 0 amide bonds. The number of hydrogen-bond donors (Lipinski definition) is 0. The van der Waals surface area contributed by atoms with Gasteiger partial charge in [0.05, 0.1) is 0 Å². The van der Waals surface area contributed by atoms with Crippen molar-refractivity contribution in [3.05, 3.63) is 77.6 Å². The van der Waals surface area contributed by atoms with Gasteiger partial charge in [-0.05, 0) is 29.1 Å². The van der Waals surface area contributed by atoms with Gasteiger partial charge in [0.15, 0.2) is 17.4 Å². The minimum atomic E-state index is -0.953. The van der Waals surface area contributed by atoms with Crippen LogP contribution in [0.4, 0.5) is 8.78 Å². The average molecular weight is 283 g/mol. The first-order valence-electron chi connectivity index (χ1n) is 6.46. The van der Waals surface area contributed by atoms with Crippen molar-refractivity contribution in [3.8, 4) is 0 Å². The molecule has 0 atom stereocenters. The van der Waals surface area contributed by atoms with E-state index in [1.807, 2.05) is 30.3 Å². The highest BCUT2D eigenvalue weighted by Gasteiger charge is 2.13. The summed E-state index contributed by atoms with van der Waals surface area (Å²) in [6, 6.07) is 12.7. The highest BCUT2D eigenvalue weighted by molar-refractivity contribution is 6.07. The molecule has 21 heavy (non-hydrogen) atoms. The van der Waals surface area contributed by atoms with Gasteiger partial charge in [-0.2, -0.15) is 0 Å². The number of carbonyl (C=O) groups is 1. The van der Waals surface area contributed by atoms with E-state index in [-0.39, 0.29) is 12.2 Å². The predicted molar refractivity (Wildman–Crippen MR) is 76.1 cm³/mol. The van der Waals surface area contributed by atoms with E-state index in [2.05, 4.69) is 4.98 Å². The fraction of sp³-hybridized carbons (Fsp3) is 0.0588. The van der Waals surface area contributed by atoms with Gasteiger partial charge in [-0.25, -0.2) is 8.78 Å². The Morgan fingerprint density at radius 3 is 2.62 bits per heavy atom. The van der Waals surface area contributed by atoms with Crippen molar-refractivity contribution >= 4 is 16.6 Å². The third-order valence-corrected chi connectivity index (χ3v) is 3.29. The van der Waals surface area contributed by atoms with E-state index >= 15 is 0 Å². The zero-order valence-electron chi connectivity index (χ0n) is 11.0. The number of nitrogens with zero attached hydrogens (tertiary/aromatic N) is 1. The lowest BCUT2D eigenvalue weighted by atomic mass is 10.0.